The molecule has 0 aliphatic carbocycles. The second kappa shape index (κ2) is 6.29. The van der Waals surface area contributed by atoms with E-state index in [2.05, 4.69) is 5.32 Å². The van der Waals surface area contributed by atoms with Crippen molar-refractivity contribution in [2.75, 3.05) is 19.0 Å². The lowest BCUT2D eigenvalue weighted by Crippen LogP contribution is -2.32. The van der Waals surface area contributed by atoms with Gasteiger partial charge in [-0.25, -0.2) is 4.79 Å². The first-order valence-corrected chi connectivity index (χ1v) is 7.87. The summed E-state index contributed by atoms with van der Waals surface area (Å²) in [5, 5.41) is 13.7. The van der Waals surface area contributed by atoms with E-state index < -0.39 is 5.97 Å². The van der Waals surface area contributed by atoms with Gasteiger partial charge in [-0.3, -0.25) is 4.79 Å². The fourth-order valence-electron chi connectivity index (χ4n) is 2.40. The van der Waals surface area contributed by atoms with E-state index >= 15 is 0 Å². The SMILES string of the molecule is COc1ccc2c(c1)CC(C(=O)Nc1cc(C(=O)O)cs1)CO2. The molecule has 1 aliphatic heterocycles. The van der Waals surface area contributed by atoms with E-state index in [4.69, 9.17) is 14.6 Å². The first kappa shape index (κ1) is 15.4. The molecular weight excluding hydrogens is 318 g/mol. The highest BCUT2D eigenvalue weighted by atomic mass is 32.1. The van der Waals surface area contributed by atoms with Crippen molar-refractivity contribution >= 4 is 28.2 Å². The average molecular weight is 333 g/mol. The lowest BCUT2D eigenvalue weighted by molar-refractivity contribution is -0.121. The van der Waals surface area contributed by atoms with Crippen LogP contribution in [-0.2, 0) is 11.2 Å². The Morgan fingerprint density at radius 2 is 2.22 bits per heavy atom. The molecule has 1 unspecified atom stereocenters. The van der Waals surface area contributed by atoms with Crippen molar-refractivity contribution in [3.8, 4) is 11.5 Å². The van der Waals surface area contributed by atoms with Gasteiger partial charge in [0.15, 0.2) is 0 Å². The van der Waals surface area contributed by atoms with E-state index in [0.717, 1.165) is 17.1 Å². The number of methoxy groups -OCH3 is 1. The number of rotatable bonds is 4. The summed E-state index contributed by atoms with van der Waals surface area (Å²) in [4.78, 5) is 23.2. The van der Waals surface area contributed by atoms with Gasteiger partial charge in [0.1, 0.15) is 18.1 Å². The maximum atomic E-state index is 12.3. The molecule has 0 spiro atoms. The molecule has 1 aromatic carbocycles. The van der Waals surface area contributed by atoms with Crippen LogP contribution in [0.3, 0.4) is 0 Å². The third kappa shape index (κ3) is 3.29. The number of carboxylic acids is 1. The minimum absolute atomic E-state index is 0.167. The Bertz CT molecular complexity index is 755. The molecule has 1 amide bonds. The summed E-state index contributed by atoms with van der Waals surface area (Å²) in [6.45, 7) is 0.294. The van der Waals surface area contributed by atoms with Gasteiger partial charge in [-0.15, -0.1) is 11.3 Å². The topological polar surface area (TPSA) is 84.9 Å². The van der Waals surface area contributed by atoms with Gasteiger partial charge in [-0.1, -0.05) is 0 Å². The fourth-order valence-corrected chi connectivity index (χ4v) is 3.18. The van der Waals surface area contributed by atoms with Gasteiger partial charge in [-0.2, -0.15) is 0 Å². The van der Waals surface area contributed by atoms with E-state index in [9.17, 15) is 9.59 Å². The van der Waals surface area contributed by atoms with E-state index in [0.29, 0.717) is 18.0 Å². The van der Waals surface area contributed by atoms with Gasteiger partial charge < -0.3 is 19.9 Å². The summed E-state index contributed by atoms with van der Waals surface area (Å²) in [6, 6.07) is 6.97. The number of carbonyl (C=O) groups is 2. The number of amides is 1. The highest BCUT2D eigenvalue weighted by molar-refractivity contribution is 7.14. The smallest absolute Gasteiger partial charge is 0.336 e. The maximum Gasteiger partial charge on any atom is 0.336 e. The van der Waals surface area contributed by atoms with Gasteiger partial charge >= 0.3 is 5.97 Å². The van der Waals surface area contributed by atoms with Crippen molar-refractivity contribution in [2.45, 2.75) is 6.42 Å². The molecule has 1 aliphatic rings. The average Bonchev–Trinajstić information content (AvgIpc) is 3.02. The molecule has 2 heterocycles. The largest absolute Gasteiger partial charge is 0.497 e. The lowest BCUT2D eigenvalue weighted by atomic mass is 9.96. The number of carbonyl (C=O) groups excluding carboxylic acids is 1. The van der Waals surface area contributed by atoms with Crippen LogP contribution in [0, 0.1) is 5.92 Å². The van der Waals surface area contributed by atoms with Gasteiger partial charge in [0.25, 0.3) is 0 Å². The molecule has 0 fully saturated rings. The van der Waals surface area contributed by atoms with Crippen molar-refractivity contribution in [3.05, 3.63) is 40.8 Å². The number of hydrogen-bond donors (Lipinski definition) is 2. The minimum Gasteiger partial charge on any atom is -0.497 e. The maximum absolute atomic E-state index is 12.3. The number of fused-ring (bicyclic) bond motifs is 1. The van der Waals surface area contributed by atoms with Crippen molar-refractivity contribution < 1.29 is 24.2 Å². The quantitative estimate of drug-likeness (QED) is 0.898. The zero-order valence-corrected chi connectivity index (χ0v) is 13.2. The number of thiophene rings is 1. The molecule has 0 bridgehead atoms. The molecule has 120 valence electrons. The number of anilines is 1. The summed E-state index contributed by atoms with van der Waals surface area (Å²) in [6.07, 6.45) is 0.551. The van der Waals surface area contributed by atoms with E-state index in [-0.39, 0.29) is 17.4 Å². The summed E-state index contributed by atoms with van der Waals surface area (Å²) < 4.78 is 10.8. The second-order valence-corrected chi connectivity index (χ2v) is 6.09. The second-order valence-electron chi connectivity index (χ2n) is 5.18. The molecule has 0 saturated heterocycles. The third-order valence-electron chi connectivity index (χ3n) is 3.64. The third-order valence-corrected chi connectivity index (χ3v) is 4.48. The van der Waals surface area contributed by atoms with Crippen LogP contribution in [0.4, 0.5) is 5.00 Å². The van der Waals surface area contributed by atoms with Crippen molar-refractivity contribution in [2.24, 2.45) is 5.92 Å². The Kier molecular flexibility index (Phi) is 4.20. The van der Waals surface area contributed by atoms with Crippen LogP contribution in [0.1, 0.15) is 15.9 Å². The molecule has 1 aromatic heterocycles. The van der Waals surface area contributed by atoms with Crippen LogP contribution in [0.25, 0.3) is 0 Å². The number of carboxylic acid groups (broad SMARTS) is 1. The Morgan fingerprint density at radius 1 is 1.39 bits per heavy atom. The summed E-state index contributed by atoms with van der Waals surface area (Å²) in [5.74, 6) is -0.0390. The lowest BCUT2D eigenvalue weighted by Gasteiger charge is -2.24. The van der Waals surface area contributed by atoms with Crippen LogP contribution < -0.4 is 14.8 Å². The van der Waals surface area contributed by atoms with Crippen molar-refractivity contribution in [3.63, 3.8) is 0 Å². The molecule has 0 saturated carbocycles. The van der Waals surface area contributed by atoms with Gasteiger partial charge in [0.2, 0.25) is 5.91 Å². The summed E-state index contributed by atoms with van der Waals surface area (Å²) in [5.41, 5.74) is 1.09. The van der Waals surface area contributed by atoms with Crippen LogP contribution in [0.5, 0.6) is 11.5 Å². The minimum atomic E-state index is -1.01. The van der Waals surface area contributed by atoms with Crippen molar-refractivity contribution in [1.82, 2.24) is 0 Å². The Balaban J connectivity index is 1.69. The fraction of sp³-hybridized carbons (Fsp3) is 0.250. The van der Waals surface area contributed by atoms with E-state index in [1.54, 1.807) is 7.11 Å². The zero-order valence-electron chi connectivity index (χ0n) is 12.4. The molecule has 2 aromatic rings. The predicted octanol–water partition coefficient (Wildman–Crippen LogP) is 2.64. The highest BCUT2D eigenvalue weighted by Crippen LogP contribution is 2.31. The standard InChI is InChI=1S/C16H15NO5S/c1-21-12-2-3-13-9(5-12)4-10(7-22-13)15(18)17-14-6-11(8-23-14)16(19)20/h2-3,5-6,8,10H,4,7H2,1H3,(H,17,18)(H,19,20). The predicted molar refractivity (Wildman–Crippen MR) is 85.6 cm³/mol. The van der Waals surface area contributed by atoms with Crippen LogP contribution in [-0.4, -0.2) is 30.7 Å². The van der Waals surface area contributed by atoms with Crippen LogP contribution in [0.15, 0.2) is 29.6 Å². The molecule has 0 radical (unpaired) electrons. The number of benzene rings is 1. The molecule has 23 heavy (non-hydrogen) atoms. The monoisotopic (exact) mass is 333 g/mol. The molecule has 7 heteroatoms. The summed E-state index contributed by atoms with van der Waals surface area (Å²) in [7, 11) is 1.59. The molecular formula is C16H15NO5S. The first-order chi connectivity index (χ1) is 11.1. The highest BCUT2D eigenvalue weighted by Gasteiger charge is 2.26. The first-order valence-electron chi connectivity index (χ1n) is 6.99. The van der Waals surface area contributed by atoms with E-state index in [1.165, 1.54) is 22.8 Å². The number of hydrogen-bond acceptors (Lipinski definition) is 5. The number of ether oxygens (including phenoxy) is 2. The zero-order chi connectivity index (χ0) is 16.4. The van der Waals surface area contributed by atoms with Crippen LogP contribution >= 0.6 is 11.3 Å². The van der Waals surface area contributed by atoms with Gasteiger partial charge in [0.05, 0.1) is 23.6 Å². The van der Waals surface area contributed by atoms with E-state index in [1.807, 2.05) is 18.2 Å². The van der Waals surface area contributed by atoms with Crippen LogP contribution in [0.2, 0.25) is 0 Å². The number of nitrogens with one attached hydrogen (secondary N) is 1. The summed E-state index contributed by atoms with van der Waals surface area (Å²) >= 11 is 1.19. The normalized spacial score (nSPS) is 16.1. The number of aromatic carboxylic acids is 1. The molecule has 6 nitrogen and oxygen atoms in total. The Hall–Kier alpha value is -2.54. The van der Waals surface area contributed by atoms with Crippen molar-refractivity contribution in [1.29, 1.82) is 0 Å². The van der Waals surface area contributed by atoms with Gasteiger partial charge in [0, 0.05) is 5.38 Å². The molecule has 1 atom stereocenters. The Labute approximate surface area is 136 Å². The molecule has 3 rings (SSSR count). The molecule has 2 N–H and O–H groups in total. The Morgan fingerprint density at radius 3 is 2.91 bits per heavy atom. The van der Waals surface area contributed by atoms with Gasteiger partial charge in [-0.05, 0) is 36.2 Å².